The van der Waals surface area contributed by atoms with Crippen molar-refractivity contribution in [2.45, 2.75) is 44.9 Å². The highest BCUT2D eigenvalue weighted by atomic mass is 19.4. The van der Waals surface area contributed by atoms with E-state index < -0.39 is 24.2 Å². The molecule has 1 aliphatic heterocycles. The molecule has 0 aromatic heterocycles. The average molecular weight is 309 g/mol. The maximum absolute atomic E-state index is 12.8. The molecule has 1 N–H and O–H groups in total. The molecule has 1 heterocycles. The number of alkyl halides is 3. The Morgan fingerprint density at radius 1 is 1.38 bits per heavy atom. The normalized spacial score (nSPS) is 23.7. The van der Waals surface area contributed by atoms with E-state index in [2.05, 4.69) is 0 Å². The van der Waals surface area contributed by atoms with Gasteiger partial charge in [-0.1, -0.05) is 0 Å². The Bertz CT molecular complexity index is 376. The van der Waals surface area contributed by atoms with Crippen molar-refractivity contribution in [2.75, 3.05) is 26.3 Å². The number of nitrogens with zero attached hydrogens (tertiary/aromatic N) is 1. The van der Waals surface area contributed by atoms with E-state index in [9.17, 15) is 23.1 Å². The first-order valence-corrected chi connectivity index (χ1v) is 7.43. The number of amides is 1. The van der Waals surface area contributed by atoms with E-state index in [0.717, 1.165) is 17.7 Å². The zero-order chi connectivity index (χ0) is 15.7. The Kier molecular flexibility index (Phi) is 4.82. The van der Waals surface area contributed by atoms with Gasteiger partial charge in [0.2, 0.25) is 5.91 Å². The minimum absolute atomic E-state index is 0.168. The number of likely N-dealkylation sites (N-methyl/N-ethyl adjacent to an activating group) is 1. The Hall–Kier alpha value is -0.820. The largest absolute Gasteiger partial charge is 0.416 e. The molecule has 1 saturated carbocycles. The van der Waals surface area contributed by atoms with Gasteiger partial charge < -0.3 is 14.7 Å². The topological polar surface area (TPSA) is 49.8 Å². The van der Waals surface area contributed by atoms with E-state index >= 15 is 0 Å². The maximum Gasteiger partial charge on any atom is 0.416 e. The molecule has 2 fully saturated rings. The molecular formula is C14H22F3NO3. The highest BCUT2D eigenvalue weighted by Gasteiger charge is 2.53. The molecule has 1 amide bonds. The summed E-state index contributed by atoms with van der Waals surface area (Å²) in [7, 11) is 0. The molecule has 1 atom stereocenters. The van der Waals surface area contributed by atoms with Gasteiger partial charge >= 0.3 is 6.18 Å². The number of aliphatic hydroxyl groups excluding tert-OH is 1. The summed E-state index contributed by atoms with van der Waals surface area (Å²) in [6.07, 6.45) is -4.16. The number of rotatable bonds is 5. The van der Waals surface area contributed by atoms with Crippen molar-refractivity contribution in [1.82, 2.24) is 4.90 Å². The van der Waals surface area contributed by atoms with Crippen LogP contribution in [0.25, 0.3) is 0 Å². The summed E-state index contributed by atoms with van der Waals surface area (Å²) in [5.41, 5.74) is -0.584. The summed E-state index contributed by atoms with van der Waals surface area (Å²) in [6.45, 7) is 2.07. The van der Waals surface area contributed by atoms with Crippen LogP contribution in [0, 0.1) is 11.3 Å². The summed E-state index contributed by atoms with van der Waals surface area (Å²) in [5.74, 6) is 0.00470. The molecule has 0 spiro atoms. The molecule has 1 aliphatic carbocycles. The van der Waals surface area contributed by atoms with Gasteiger partial charge in [0, 0.05) is 19.8 Å². The van der Waals surface area contributed by atoms with Crippen molar-refractivity contribution in [3.8, 4) is 0 Å². The number of carbonyl (C=O) groups excluding carboxylic acids is 1. The second-order valence-corrected chi connectivity index (χ2v) is 5.94. The van der Waals surface area contributed by atoms with Gasteiger partial charge in [0.1, 0.15) is 0 Å². The second kappa shape index (κ2) is 6.12. The van der Waals surface area contributed by atoms with E-state index in [1.165, 1.54) is 0 Å². The van der Waals surface area contributed by atoms with E-state index in [-0.39, 0.29) is 18.4 Å². The summed E-state index contributed by atoms with van der Waals surface area (Å²) in [5, 5.41) is 9.23. The van der Waals surface area contributed by atoms with E-state index in [1.54, 1.807) is 6.92 Å². The van der Waals surface area contributed by atoms with Gasteiger partial charge in [0.05, 0.1) is 12.0 Å². The molecule has 0 aromatic rings. The molecule has 7 heteroatoms. The van der Waals surface area contributed by atoms with E-state index in [4.69, 9.17) is 4.74 Å². The van der Waals surface area contributed by atoms with Crippen LogP contribution in [0.3, 0.4) is 0 Å². The third-order valence-electron chi connectivity index (χ3n) is 4.61. The van der Waals surface area contributed by atoms with Crippen molar-refractivity contribution in [1.29, 1.82) is 0 Å². The molecular weight excluding hydrogens is 287 g/mol. The first-order valence-electron chi connectivity index (χ1n) is 7.43. The lowest BCUT2D eigenvalue weighted by atomic mass is 9.74. The number of aliphatic hydroxyl groups is 1. The molecule has 0 aromatic carbocycles. The third-order valence-corrected chi connectivity index (χ3v) is 4.61. The number of ether oxygens (including phenoxy) is 1. The van der Waals surface area contributed by atoms with Crippen molar-refractivity contribution < 1.29 is 27.8 Å². The molecule has 2 aliphatic rings. The molecule has 1 saturated heterocycles. The standard InChI is InChI=1S/C14H22F3NO3/c1-2-18(9-11(19)14(15,16)17)12(20)13(10-3-4-10)5-7-21-8-6-13/h10-11,19H,2-9H2,1H3. The zero-order valence-electron chi connectivity index (χ0n) is 12.2. The van der Waals surface area contributed by atoms with Gasteiger partial charge in [0.25, 0.3) is 0 Å². The first kappa shape index (κ1) is 16.5. The lowest BCUT2D eigenvalue weighted by molar-refractivity contribution is -0.209. The average Bonchev–Trinajstić information content (AvgIpc) is 3.28. The van der Waals surface area contributed by atoms with Crippen LogP contribution < -0.4 is 0 Å². The fourth-order valence-electron chi connectivity index (χ4n) is 3.15. The Morgan fingerprint density at radius 2 is 1.95 bits per heavy atom. The van der Waals surface area contributed by atoms with E-state index in [0.29, 0.717) is 26.1 Å². The molecule has 1 unspecified atom stereocenters. The first-order chi connectivity index (χ1) is 9.81. The van der Waals surface area contributed by atoms with Crippen molar-refractivity contribution in [3.05, 3.63) is 0 Å². The highest BCUT2D eigenvalue weighted by molar-refractivity contribution is 5.83. The van der Waals surface area contributed by atoms with E-state index in [1.807, 2.05) is 0 Å². The number of halogens is 3. The maximum atomic E-state index is 12.8. The summed E-state index contributed by atoms with van der Waals surface area (Å²) in [6, 6.07) is 0. The SMILES string of the molecule is CCN(CC(O)C(F)(F)F)C(=O)C1(C2CC2)CCOCC1. The third kappa shape index (κ3) is 3.51. The summed E-state index contributed by atoms with van der Waals surface area (Å²) in [4.78, 5) is 13.9. The van der Waals surface area contributed by atoms with Gasteiger partial charge in [-0.15, -0.1) is 0 Å². The van der Waals surface area contributed by atoms with Crippen molar-refractivity contribution in [2.24, 2.45) is 11.3 Å². The lowest BCUT2D eigenvalue weighted by Gasteiger charge is -2.40. The van der Waals surface area contributed by atoms with Crippen LogP contribution in [0.5, 0.6) is 0 Å². The molecule has 21 heavy (non-hydrogen) atoms. The minimum Gasteiger partial charge on any atom is -0.382 e. The monoisotopic (exact) mass is 309 g/mol. The minimum atomic E-state index is -4.70. The number of hydrogen-bond donors (Lipinski definition) is 1. The van der Waals surface area contributed by atoms with Gasteiger partial charge in [-0.2, -0.15) is 13.2 Å². The smallest absolute Gasteiger partial charge is 0.382 e. The quantitative estimate of drug-likeness (QED) is 0.844. The Labute approximate surface area is 122 Å². The second-order valence-electron chi connectivity index (χ2n) is 5.94. The van der Waals surface area contributed by atoms with Gasteiger partial charge in [-0.3, -0.25) is 4.79 Å². The molecule has 4 nitrogen and oxygen atoms in total. The van der Waals surface area contributed by atoms with Crippen LogP contribution in [-0.2, 0) is 9.53 Å². The van der Waals surface area contributed by atoms with Crippen LogP contribution in [0.15, 0.2) is 0 Å². The Balaban J connectivity index is 2.10. The van der Waals surface area contributed by atoms with Crippen molar-refractivity contribution in [3.63, 3.8) is 0 Å². The predicted octanol–water partition coefficient (Wildman–Crippen LogP) is 1.96. The molecule has 2 rings (SSSR count). The summed E-state index contributed by atoms with van der Waals surface area (Å²) >= 11 is 0. The Morgan fingerprint density at radius 3 is 2.38 bits per heavy atom. The van der Waals surface area contributed by atoms with Gasteiger partial charge in [-0.05, 0) is 38.5 Å². The molecule has 0 bridgehead atoms. The van der Waals surface area contributed by atoms with Crippen LogP contribution in [0.1, 0.15) is 32.6 Å². The van der Waals surface area contributed by atoms with Crippen LogP contribution >= 0.6 is 0 Å². The number of carbonyl (C=O) groups is 1. The van der Waals surface area contributed by atoms with Crippen LogP contribution in [0.2, 0.25) is 0 Å². The van der Waals surface area contributed by atoms with Crippen LogP contribution in [0.4, 0.5) is 13.2 Å². The van der Waals surface area contributed by atoms with Gasteiger partial charge in [0.15, 0.2) is 6.10 Å². The fourth-order valence-corrected chi connectivity index (χ4v) is 3.15. The highest BCUT2D eigenvalue weighted by Crippen LogP contribution is 2.52. The lowest BCUT2D eigenvalue weighted by Crippen LogP contribution is -2.52. The number of hydrogen-bond acceptors (Lipinski definition) is 3. The predicted molar refractivity (Wildman–Crippen MR) is 69.5 cm³/mol. The van der Waals surface area contributed by atoms with Crippen molar-refractivity contribution >= 4 is 5.91 Å². The van der Waals surface area contributed by atoms with Crippen LogP contribution in [-0.4, -0.2) is 54.5 Å². The zero-order valence-corrected chi connectivity index (χ0v) is 12.2. The molecule has 122 valence electrons. The summed E-state index contributed by atoms with van der Waals surface area (Å²) < 4.78 is 42.8. The van der Waals surface area contributed by atoms with Gasteiger partial charge in [-0.25, -0.2) is 0 Å². The molecule has 0 radical (unpaired) electrons. The fraction of sp³-hybridized carbons (Fsp3) is 0.929.